The Morgan fingerprint density at radius 3 is 2.53 bits per heavy atom. The minimum atomic E-state index is -0.865. The topological polar surface area (TPSA) is 131 Å². The molecule has 0 spiro atoms. The van der Waals surface area contributed by atoms with Crippen LogP contribution in [-0.4, -0.2) is 45.5 Å². The number of thiocarbonyl (C=S) groups is 1. The molecule has 0 radical (unpaired) electrons. The molecule has 2 aromatic rings. The van der Waals surface area contributed by atoms with Gasteiger partial charge in [0.05, 0.1) is 16.9 Å². The van der Waals surface area contributed by atoms with Crippen molar-refractivity contribution in [1.82, 2.24) is 15.8 Å². The average molecular weight is 473 g/mol. The van der Waals surface area contributed by atoms with E-state index in [4.69, 9.17) is 17.0 Å². The number of benzene rings is 2. The first-order chi connectivity index (χ1) is 15.3. The molecular weight excluding hydrogens is 456 g/mol. The van der Waals surface area contributed by atoms with Gasteiger partial charge >= 0.3 is 0 Å². The number of nitro groups is 1. The van der Waals surface area contributed by atoms with Gasteiger partial charge in [-0.3, -0.25) is 40.2 Å². The quantitative estimate of drug-likeness (QED) is 0.283. The molecule has 0 unspecified atom stereocenters. The zero-order chi connectivity index (χ0) is 23.3. The Hall–Kier alpha value is -3.77. The van der Waals surface area contributed by atoms with Crippen molar-refractivity contribution in [3.8, 4) is 5.75 Å². The second-order valence-corrected chi connectivity index (χ2v) is 7.99. The first-order valence-electron chi connectivity index (χ1n) is 9.02. The highest BCUT2D eigenvalue weighted by atomic mass is 32.2. The smallest absolute Gasteiger partial charge is 0.282 e. The lowest BCUT2D eigenvalue weighted by Gasteiger charge is -2.14. The molecule has 1 aliphatic rings. The second kappa shape index (κ2) is 10.0. The molecule has 1 aliphatic heterocycles. The van der Waals surface area contributed by atoms with E-state index in [1.807, 2.05) is 0 Å². The number of methoxy groups -OCH3 is 1. The number of hydrogen-bond donors (Lipinski definition) is 2. The van der Waals surface area contributed by atoms with Crippen LogP contribution in [0.5, 0.6) is 5.75 Å². The minimum Gasteiger partial charge on any atom is -0.497 e. The Morgan fingerprint density at radius 1 is 1.19 bits per heavy atom. The number of thioether (sulfide) groups is 1. The van der Waals surface area contributed by atoms with Crippen molar-refractivity contribution in [2.45, 2.75) is 0 Å². The summed E-state index contributed by atoms with van der Waals surface area (Å²) in [7, 11) is 1.55. The highest BCUT2D eigenvalue weighted by Gasteiger charge is 2.33. The van der Waals surface area contributed by atoms with Gasteiger partial charge in [-0.05, 0) is 29.8 Å². The van der Waals surface area contributed by atoms with Crippen LogP contribution in [0.3, 0.4) is 0 Å². The largest absolute Gasteiger partial charge is 0.497 e. The molecule has 0 aliphatic carbocycles. The molecule has 0 atom stereocenters. The van der Waals surface area contributed by atoms with Crippen molar-refractivity contribution in [2.75, 3.05) is 13.7 Å². The molecule has 164 valence electrons. The zero-order valence-corrected chi connectivity index (χ0v) is 18.2. The van der Waals surface area contributed by atoms with Gasteiger partial charge in [-0.25, -0.2) is 0 Å². The maximum absolute atomic E-state index is 12.6. The van der Waals surface area contributed by atoms with Crippen molar-refractivity contribution >= 4 is 57.8 Å². The molecule has 10 nitrogen and oxygen atoms in total. The number of para-hydroxylation sites is 1. The van der Waals surface area contributed by atoms with E-state index in [0.717, 1.165) is 22.2 Å². The van der Waals surface area contributed by atoms with Gasteiger partial charge in [0.25, 0.3) is 23.4 Å². The highest BCUT2D eigenvalue weighted by Crippen LogP contribution is 2.32. The van der Waals surface area contributed by atoms with Gasteiger partial charge in [-0.1, -0.05) is 48.2 Å². The van der Waals surface area contributed by atoms with Crippen LogP contribution in [0.25, 0.3) is 6.08 Å². The van der Waals surface area contributed by atoms with Gasteiger partial charge in [0.15, 0.2) is 0 Å². The van der Waals surface area contributed by atoms with Crippen LogP contribution in [0.1, 0.15) is 15.9 Å². The number of hydrazine groups is 1. The lowest BCUT2D eigenvalue weighted by Crippen LogP contribution is -2.47. The molecule has 3 amide bonds. The van der Waals surface area contributed by atoms with Crippen molar-refractivity contribution in [2.24, 2.45) is 0 Å². The fraction of sp³-hybridized carbons (Fsp3) is 0.100. The Morgan fingerprint density at radius 2 is 1.88 bits per heavy atom. The molecule has 12 heteroatoms. The second-order valence-electron chi connectivity index (χ2n) is 6.32. The number of rotatable bonds is 6. The van der Waals surface area contributed by atoms with E-state index in [1.54, 1.807) is 37.5 Å². The van der Waals surface area contributed by atoms with E-state index in [9.17, 15) is 24.5 Å². The molecule has 3 rings (SSSR count). The Labute approximate surface area is 191 Å². The first kappa shape index (κ1) is 22.9. The third kappa shape index (κ3) is 5.28. The summed E-state index contributed by atoms with van der Waals surface area (Å²) in [5.41, 5.74) is 4.37. The highest BCUT2D eigenvalue weighted by molar-refractivity contribution is 8.26. The summed E-state index contributed by atoms with van der Waals surface area (Å²) in [6.07, 6.45) is 1.65. The maximum atomic E-state index is 12.6. The van der Waals surface area contributed by atoms with Crippen LogP contribution in [0.15, 0.2) is 53.4 Å². The summed E-state index contributed by atoms with van der Waals surface area (Å²) in [6.45, 7) is -0.429. The summed E-state index contributed by atoms with van der Waals surface area (Å²) >= 11 is 6.24. The number of carbonyl (C=O) groups excluding carboxylic acids is 3. The summed E-state index contributed by atoms with van der Waals surface area (Å²) < 4.78 is 5.28. The number of carbonyl (C=O) groups is 3. The van der Waals surface area contributed by atoms with Gasteiger partial charge in [0.1, 0.15) is 22.2 Å². The molecule has 1 fully saturated rings. The summed E-state index contributed by atoms with van der Waals surface area (Å²) in [4.78, 5) is 48.8. The molecule has 1 heterocycles. The van der Waals surface area contributed by atoms with E-state index >= 15 is 0 Å². The number of nitrogens with one attached hydrogen (secondary N) is 2. The van der Waals surface area contributed by atoms with Crippen LogP contribution in [-0.2, 0) is 9.59 Å². The van der Waals surface area contributed by atoms with Gasteiger partial charge in [-0.2, -0.15) is 0 Å². The molecule has 0 bridgehead atoms. The van der Waals surface area contributed by atoms with E-state index in [1.165, 1.54) is 24.3 Å². The maximum Gasteiger partial charge on any atom is 0.282 e. The molecule has 0 aromatic heterocycles. The Balaban J connectivity index is 1.61. The fourth-order valence-electron chi connectivity index (χ4n) is 2.69. The third-order valence-corrected chi connectivity index (χ3v) is 5.63. The van der Waals surface area contributed by atoms with E-state index < -0.39 is 34.9 Å². The number of nitrogens with zero attached hydrogens (tertiary/aromatic N) is 2. The first-order valence-corrected chi connectivity index (χ1v) is 10.2. The van der Waals surface area contributed by atoms with Gasteiger partial charge in [0.2, 0.25) is 0 Å². The summed E-state index contributed by atoms with van der Waals surface area (Å²) in [5, 5.41) is 11.0. The SMILES string of the molecule is COc1ccc(/C=C2\SC(=S)N(CC(=O)NNC(=O)c3ccccc3[N+](=O)[O-])C2=O)cc1. The number of ether oxygens (including phenoxy) is 1. The van der Waals surface area contributed by atoms with Gasteiger partial charge in [-0.15, -0.1) is 0 Å². The van der Waals surface area contributed by atoms with Crippen molar-refractivity contribution in [3.63, 3.8) is 0 Å². The van der Waals surface area contributed by atoms with Crippen LogP contribution in [0.2, 0.25) is 0 Å². The Kier molecular flexibility index (Phi) is 7.18. The standard InChI is InChI=1S/C20H16N4O6S2/c1-30-13-8-6-12(7-9-13)10-16-19(27)23(20(31)32-16)11-17(25)21-22-18(26)14-4-2-3-5-15(14)24(28)29/h2-10H,11H2,1H3,(H,21,25)(H,22,26)/b16-10-. The summed E-state index contributed by atoms with van der Waals surface area (Å²) in [5.74, 6) is -1.36. The Bertz CT molecular complexity index is 1130. The van der Waals surface area contributed by atoms with E-state index in [0.29, 0.717) is 10.7 Å². The molecular formula is C20H16N4O6S2. The number of nitro benzene ring substituents is 1. The van der Waals surface area contributed by atoms with Gasteiger partial charge in [0, 0.05) is 6.07 Å². The monoisotopic (exact) mass is 472 g/mol. The van der Waals surface area contributed by atoms with Gasteiger partial charge < -0.3 is 4.74 Å². The number of hydrogen-bond acceptors (Lipinski definition) is 8. The summed E-state index contributed by atoms with van der Waals surface area (Å²) in [6, 6.07) is 12.4. The predicted octanol–water partition coefficient (Wildman–Crippen LogP) is 2.27. The van der Waals surface area contributed by atoms with Crippen molar-refractivity contribution in [3.05, 3.63) is 74.7 Å². The normalized spacial score (nSPS) is 14.4. The minimum absolute atomic E-state index is 0.190. The van der Waals surface area contributed by atoms with Crippen LogP contribution in [0.4, 0.5) is 5.69 Å². The van der Waals surface area contributed by atoms with E-state index in [2.05, 4.69) is 10.9 Å². The lowest BCUT2D eigenvalue weighted by atomic mass is 10.2. The van der Waals surface area contributed by atoms with Crippen LogP contribution in [0, 0.1) is 10.1 Å². The zero-order valence-electron chi connectivity index (χ0n) is 16.6. The van der Waals surface area contributed by atoms with E-state index in [-0.39, 0.29) is 9.88 Å². The molecule has 32 heavy (non-hydrogen) atoms. The predicted molar refractivity (Wildman–Crippen MR) is 122 cm³/mol. The average Bonchev–Trinajstić information content (AvgIpc) is 3.05. The third-order valence-electron chi connectivity index (χ3n) is 4.25. The lowest BCUT2D eigenvalue weighted by molar-refractivity contribution is -0.385. The van der Waals surface area contributed by atoms with Crippen molar-refractivity contribution < 1.29 is 24.0 Å². The number of amides is 3. The molecule has 0 saturated carbocycles. The van der Waals surface area contributed by atoms with Crippen molar-refractivity contribution in [1.29, 1.82) is 0 Å². The fourth-order valence-corrected chi connectivity index (χ4v) is 3.94. The van der Waals surface area contributed by atoms with Crippen LogP contribution >= 0.6 is 24.0 Å². The molecule has 1 saturated heterocycles. The molecule has 2 N–H and O–H groups in total. The molecule has 2 aromatic carbocycles. The van der Waals surface area contributed by atoms with Crippen LogP contribution < -0.4 is 15.6 Å².